The van der Waals surface area contributed by atoms with Crippen LogP contribution >= 0.6 is 0 Å². The molecule has 8 heteroatoms. The molecule has 1 aromatic heterocycles. The van der Waals surface area contributed by atoms with E-state index in [0.717, 1.165) is 28.4 Å². The number of hydrogen-bond acceptors (Lipinski definition) is 7. The number of aryl methyl sites for hydroxylation is 1. The van der Waals surface area contributed by atoms with E-state index >= 15 is 0 Å². The summed E-state index contributed by atoms with van der Waals surface area (Å²) in [6, 6.07) is 13.3. The fourth-order valence-electron chi connectivity index (χ4n) is 3.25. The molecule has 0 bridgehead atoms. The first kappa shape index (κ1) is 24.1. The van der Waals surface area contributed by atoms with Crippen molar-refractivity contribution >= 4 is 5.91 Å². The van der Waals surface area contributed by atoms with E-state index in [1.54, 1.807) is 0 Å². The van der Waals surface area contributed by atoms with E-state index in [1.807, 2.05) is 63.2 Å². The first-order chi connectivity index (χ1) is 16.1. The highest BCUT2D eigenvalue weighted by atomic mass is 16.5. The van der Waals surface area contributed by atoms with Crippen LogP contribution in [0.3, 0.4) is 0 Å². The molecule has 0 spiro atoms. The van der Waals surface area contributed by atoms with Crippen molar-refractivity contribution in [3.8, 4) is 28.6 Å². The maximum atomic E-state index is 12.2. The smallest absolute Gasteiger partial charge is 0.227 e. The van der Waals surface area contributed by atoms with E-state index in [0.29, 0.717) is 50.9 Å². The molecule has 1 N–H and O–H groups in total. The van der Waals surface area contributed by atoms with Gasteiger partial charge in [0.1, 0.15) is 5.75 Å². The third-order valence-corrected chi connectivity index (χ3v) is 4.80. The van der Waals surface area contributed by atoms with Crippen molar-refractivity contribution in [1.29, 1.82) is 0 Å². The number of benzene rings is 2. The van der Waals surface area contributed by atoms with Gasteiger partial charge in [-0.1, -0.05) is 11.2 Å². The Kier molecular flexibility index (Phi) is 9.11. The maximum Gasteiger partial charge on any atom is 0.227 e. The Balaban J connectivity index is 1.44. The van der Waals surface area contributed by atoms with Crippen LogP contribution in [0.25, 0.3) is 11.4 Å². The standard InChI is InChI=1S/C25H31N3O5/c1-4-30-20-10-8-19(9-11-20)25-27-24(33-28-25)14-13-23(29)26-16-15-18-7-12-21(31-5-2)22(17-18)32-6-3/h7-12,17H,4-6,13-16H2,1-3H3,(H,26,29). The van der Waals surface area contributed by atoms with Crippen LogP contribution in [0, 0.1) is 0 Å². The minimum Gasteiger partial charge on any atom is -0.494 e. The highest BCUT2D eigenvalue weighted by Crippen LogP contribution is 2.28. The molecule has 1 amide bonds. The molecule has 0 aliphatic rings. The van der Waals surface area contributed by atoms with Crippen molar-refractivity contribution in [1.82, 2.24) is 15.5 Å². The van der Waals surface area contributed by atoms with Crippen molar-refractivity contribution in [3.05, 3.63) is 53.9 Å². The topological polar surface area (TPSA) is 95.7 Å². The van der Waals surface area contributed by atoms with Gasteiger partial charge in [-0.25, -0.2) is 0 Å². The number of nitrogens with zero attached hydrogens (tertiary/aromatic N) is 2. The number of carbonyl (C=O) groups excluding carboxylic acids is 1. The quantitative estimate of drug-likeness (QED) is 0.414. The molecule has 3 aromatic rings. The SMILES string of the molecule is CCOc1ccc(-c2noc(CCC(=O)NCCc3ccc(OCC)c(OCC)c3)n2)cc1. The Morgan fingerprint density at radius 1 is 0.909 bits per heavy atom. The number of amides is 1. The van der Waals surface area contributed by atoms with Crippen LogP contribution in [0.15, 0.2) is 47.0 Å². The van der Waals surface area contributed by atoms with Gasteiger partial charge in [0, 0.05) is 24.9 Å². The second-order valence-electron chi connectivity index (χ2n) is 7.22. The maximum absolute atomic E-state index is 12.2. The molecule has 0 saturated carbocycles. The normalized spacial score (nSPS) is 10.6. The average Bonchev–Trinajstić information content (AvgIpc) is 3.29. The van der Waals surface area contributed by atoms with Crippen LogP contribution in [0.4, 0.5) is 0 Å². The highest BCUT2D eigenvalue weighted by Gasteiger charge is 2.11. The van der Waals surface area contributed by atoms with Gasteiger partial charge in [0.05, 0.1) is 19.8 Å². The highest BCUT2D eigenvalue weighted by molar-refractivity contribution is 5.76. The molecule has 8 nitrogen and oxygen atoms in total. The number of carbonyl (C=O) groups is 1. The Bertz CT molecular complexity index is 1020. The van der Waals surface area contributed by atoms with Gasteiger partial charge in [-0.05, 0) is 69.2 Å². The molecule has 0 atom stereocenters. The van der Waals surface area contributed by atoms with E-state index in [1.165, 1.54) is 0 Å². The van der Waals surface area contributed by atoms with Gasteiger partial charge in [0.15, 0.2) is 11.5 Å². The summed E-state index contributed by atoms with van der Waals surface area (Å²) < 4.78 is 22.0. The lowest BCUT2D eigenvalue weighted by molar-refractivity contribution is -0.121. The summed E-state index contributed by atoms with van der Waals surface area (Å²) in [5, 5.41) is 6.94. The molecule has 0 radical (unpaired) electrons. The van der Waals surface area contributed by atoms with Crippen molar-refractivity contribution in [2.75, 3.05) is 26.4 Å². The molecule has 2 aromatic carbocycles. The molecular formula is C25H31N3O5. The molecule has 0 aliphatic carbocycles. The number of aromatic nitrogens is 2. The second kappa shape index (κ2) is 12.5. The summed E-state index contributed by atoms with van der Waals surface area (Å²) in [7, 11) is 0. The summed E-state index contributed by atoms with van der Waals surface area (Å²) in [4.78, 5) is 16.6. The third kappa shape index (κ3) is 7.24. The molecule has 0 aliphatic heterocycles. The van der Waals surface area contributed by atoms with Crippen LogP contribution in [-0.4, -0.2) is 42.4 Å². The van der Waals surface area contributed by atoms with Crippen LogP contribution in [0.5, 0.6) is 17.2 Å². The lowest BCUT2D eigenvalue weighted by Crippen LogP contribution is -2.25. The Morgan fingerprint density at radius 2 is 1.64 bits per heavy atom. The predicted octanol–water partition coefficient (Wildman–Crippen LogP) is 4.22. The van der Waals surface area contributed by atoms with Gasteiger partial charge >= 0.3 is 0 Å². The van der Waals surface area contributed by atoms with E-state index in [2.05, 4.69) is 15.5 Å². The summed E-state index contributed by atoms with van der Waals surface area (Å²) in [5.74, 6) is 3.11. The summed E-state index contributed by atoms with van der Waals surface area (Å²) in [6.45, 7) is 8.10. The van der Waals surface area contributed by atoms with Gasteiger partial charge in [0.2, 0.25) is 17.6 Å². The molecule has 0 fully saturated rings. The average molecular weight is 454 g/mol. The van der Waals surface area contributed by atoms with Crippen LogP contribution < -0.4 is 19.5 Å². The fourth-order valence-corrected chi connectivity index (χ4v) is 3.25. The van der Waals surface area contributed by atoms with E-state index < -0.39 is 0 Å². The summed E-state index contributed by atoms with van der Waals surface area (Å²) >= 11 is 0. The van der Waals surface area contributed by atoms with E-state index in [4.69, 9.17) is 18.7 Å². The van der Waals surface area contributed by atoms with Crippen molar-refractivity contribution < 1.29 is 23.5 Å². The lowest BCUT2D eigenvalue weighted by Gasteiger charge is -2.12. The van der Waals surface area contributed by atoms with Crippen LogP contribution in [-0.2, 0) is 17.6 Å². The Morgan fingerprint density at radius 3 is 2.36 bits per heavy atom. The Hall–Kier alpha value is -3.55. The summed E-state index contributed by atoms with van der Waals surface area (Å²) in [5.41, 5.74) is 1.90. The Labute approximate surface area is 194 Å². The predicted molar refractivity (Wildman–Crippen MR) is 125 cm³/mol. The second-order valence-corrected chi connectivity index (χ2v) is 7.22. The molecule has 0 unspecified atom stereocenters. The minimum absolute atomic E-state index is 0.0632. The van der Waals surface area contributed by atoms with Crippen LogP contribution in [0.2, 0.25) is 0 Å². The van der Waals surface area contributed by atoms with Gasteiger partial charge in [-0.15, -0.1) is 0 Å². The molecule has 0 saturated heterocycles. The third-order valence-electron chi connectivity index (χ3n) is 4.80. The van der Waals surface area contributed by atoms with E-state index in [-0.39, 0.29) is 12.3 Å². The zero-order valence-electron chi connectivity index (χ0n) is 19.4. The van der Waals surface area contributed by atoms with Crippen molar-refractivity contribution in [3.63, 3.8) is 0 Å². The van der Waals surface area contributed by atoms with Gasteiger partial charge < -0.3 is 24.1 Å². The van der Waals surface area contributed by atoms with Gasteiger partial charge in [0.25, 0.3) is 0 Å². The zero-order chi connectivity index (χ0) is 23.5. The lowest BCUT2D eigenvalue weighted by atomic mass is 10.1. The number of ether oxygens (including phenoxy) is 3. The van der Waals surface area contributed by atoms with Crippen LogP contribution in [0.1, 0.15) is 38.6 Å². The monoisotopic (exact) mass is 453 g/mol. The molecular weight excluding hydrogens is 422 g/mol. The van der Waals surface area contributed by atoms with Crippen molar-refractivity contribution in [2.45, 2.75) is 40.0 Å². The number of hydrogen-bond donors (Lipinski definition) is 1. The first-order valence-corrected chi connectivity index (χ1v) is 11.3. The molecule has 176 valence electrons. The molecule has 1 heterocycles. The largest absolute Gasteiger partial charge is 0.494 e. The first-order valence-electron chi connectivity index (χ1n) is 11.3. The number of nitrogens with one attached hydrogen (secondary N) is 1. The number of rotatable bonds is 13. The van der Waals surface area contributed by atoms with Gasteiger partial charge in [-0.2, -0.15) is 4.98 Å². The summed E-state index contributed by atoms with van der Waals surface area (Å²) in [6.07, 6.45) is 1.35. The fraction of sp³-hybridized carbons (Fsp3) is 0.400. The van der Waals surface area contributed by atoms with E-state index in [9.17, 15) is 4.79 Å². The minimum atomic E-state index is -0.0632. The van der Waals surface area contributed by atoms with Crippen molar-refractivity contribution in [2.24, 2.45) is 0 Å². The van der Waals surface area contributed by atoms with Gasteiger partial charge in [-0.3, -0.25) is 4.79 Å². The molecule has 33 heavy (non-hydrogen) atoms. The zero-order valence-corrected chi connectivity index (χ0v) is 19.4. The molecule has 3 rings (SSSR count).